The zero-order valence-corrected chi connectivity index (χ0v) is 21.5. The minimum absolute atomic E-state index is 0.129. The monoisotopic (exact) mass is 465 g/mol. The summed E-state index contributed by atoms with van der Waals surface area (Å²) in [6.45, 7) is 13.0. The Bertz CT molecular complexity index is 959. The topological polar surface area (TPSA) is 60.7 Å². The van der Waals surface area contributed by atoms with Crippen molar-refractivity contribution in [3.8, 4) is 6.07 Å². The van der Waals surface area contributed by atoms with Gasteiger partial charge in [-0.05, 0) is 36.2 Å². The van der Waals surface area contributed by atoms with Crippen molar-refractivity contribution in [1.29, 1.82) is 5.26 Å². The summed E-state index contributed by atoms with van der Waals surface area (Å²) in [4.78, 5) is 0. The van der Waals surface area contributed by atoms with Crippen molar-refractivity contribution >= 4 is 18.7 Å². The molecule has 0 amide bonds. The second-order valence-electron chi connectivity index (χ2n) is 10.7. The number of hydrogen-bond donors (Lipinski definition) is 0. The number of benzene rings is 2. The Morgan fingerprint density at radius 1 is 0.970 bits per heavy atom. The van der Waals surface area contributed by atoms with Crippen LogP contribution in [0.5, 0.6) is 0 Å². The molecular formula is C27H35NO4Si. The number of nitriles is 1. The van der Waals surface area contributed by atoms with E-state index in [0.717, 1.165) is 0 Å². The molecule has 0 radical (unpaired) electrons. The molecule has 2 fully saturated rings. The molecule has 0 saturated carbocycles. The lowest BCUT2D eigenvalue weighted by atomic mass is 9.91. The fourth-order valence-corrected chi connectivity index (χ4v) is 10.1. The lowest BCUT2D eigenvalue weighted by Gasteiger charge is -2.43. The first-order valence-electron chi connectivity index (χ1n) is 11.7. The molecule has 2 aliphatic rings. The Kier molecular flexibility index (Phi) is 6.32. The van der Waals surface area contributed by atoms with E-state index in [0.29, 0.717) is 6.61 Å². The van der Waals surface area contributed by atoms with Gasteiger partial charge in [-0.3, -0.25) is 0 Å². The maximum Gasteiger partial charge on any atom is 0.261 e. The van der Waals surface area contributed by atoms with Crippen molar-refractivity contribution in [2.75, 3.05) is 6.61 Å². The van der Waals surface area contributed by atoms with Gasteiger partial charge in [-0.2, -0.15) is 5.26 Å². The lowest BCUT2D eigenvalue weighted by Crippen LogP contribution is -2.67. The van der Waals surface area contributed by atoms with Gasteiger partial charge in [0.25, 0.3) is 8.32 Å². The predicted molar refractivity (Wildman–Crippen MR) is 131 cm³/mol. The maximum absolute atomic E-state index is 9.39. The van der Waals surface area contributed by atoms with Crippen molar-refractivity contribution in [2.24, 2.45) is 0 Å². The van der Waals surface area contributed by atoms with Crippen molar-refractivity contribution in [3.05, 3.63) is 60.7 Å². The minimum Gasteiger partial charge on any atom is -0.405 e. The first-order valence-corrected chi connectivity index (χ1v) is 13.6. The van der Waals surface area contributed by atoms with Gasteiger partial charge in [0, 0.05) is 0 Å². The van der Waals surface area contributed by atoms with Gasteiger partial charge < -0.3 is 18.6 Å². The van der Waals surface area contributed by atoms with Gasteiger partial charge >= 0.3 is 0 Å². The summed E-state index contributed by atoms with van der Waals surface area (Å²) in [5, 5.41) is 11.7. The summed E-state index contributed by atoms with van der Waals surface area (Å²) in [6.07, 6.45) is -0.731. The Morgan fingerprint density at radius 2 is 1.52 bits per heavy atom. The highest BCUT2D eigenvalue weighted by Crippen LogP contribution is 2.48. The molecule has 0 spiro atoms. The van der Waals surface area contributed by atoms with E-state index in [-0.39, 0.29) is 29.8 Å². The minimum atomic E-state index is -2.70. The highest BCUT2D eigenvalue weighted by Gasteiger charge is 2.63. The smallest absolute Gasteiger partial charge is 0.261 e. The molecule has 1 unspecified atom stereocenters. The number of ether oxygens (including phenoxy) is 3. The molecular weight excluding hydrogens is 430 g/mol. The fourth-order valence-electron chi connectivity index (χ4n) is 5.57. The molecule has 2 saturated heterocycles. The quantitative estimate of drug-likeness (QED) is 0.600. The standard InChI is InChI=1S/C27H35NO4Si/c1-25(2,3)33(20-13-9-7-10-14-20,21-15-11-8-12-16-21)29-19-22-24-27(6,23(30-22)17-18-28)32-26(4,5)31-24/h7-16,22-24H,17,19H2,1-6H3/t22-,23?,24-,27+/m1/s1. The van der Waals surface area contributed by atoms with Gasteiger partial charge in [-0.25, -0.2) is 0 Å². The van der Waals surface area contributed by atoms with E-state index < -0.39 is 19.7 Å². The van der Waals surface area contributed by atoms with Crippen LogP contribution in [0.4, 0.5) is 0 Å². The molecule has 6 heteroatoms. The molecule has 176 valence electrons. The molecule has 33 heavy (non-hydrogen) atoms. The SMILES string of the molecule is CC1(C)O[C@@H]2[C@@H](CO[Si](c3ccccc3)(c3ccccc3)C(C)(C)C)OC(CC#N)[C@]2(C)O1. The largest absolute Gasteiger partial charge is 0.405 e. The number of nitrogens with zero attached hydrogens (tertiary/aromatic N) is 1. The summed E-state index contributed by atoms with van der Waals surface area (Å²) in [5.41, 5.74) is -0.682. The highest BCUT2D eigenvalue weighted by molar-refractivity contribution is 6.99. The van der Waals surface area contributed by atoms with Gasteiger partial charge in [0.2, 0.25) is 0 Å². The van der Waals surface area contributed by atoms with Gasteiger partial charge in [-0.1, -0.05) is 81.4 Å². The Balaban J connectivity index is 1.72. The third kappa shape index (κ3) is 4.18. The van der Waals surface area contributed by atoms with E-state index in [1.807, 2.05) is 32.9 Å². The number of hydrogen-bond acceptors (Lipinski definition) is 5. The van der Waals surface area contributed by atoms with Crippen molar-refractivity contribution in [3.63, 3.8) is 0 Å². The first-order chi connectivity index (χ1) is 15.5. The van der Waals surface area contributed by atoms with Crippen LogP contribution >= 0.6 is 0 Å². The molecule has 0 N–H and O–H groups in total. The van der Waals surface area contributed by atoms with Crippen LogP contribution < -0.4 is 10.4 Å². The van der Waals surface area contributed by atoms with Crippen LogP contribution in [0.3, 0.4) is 0 Å². The second kappa shape index (κ2) is 8.64. The molecule has 4 atom stereocenters. The molecule has 2 aromatic carbocycles. The molecule has 4 rings (SSSR count). The van der Waals surface area contributed by atoms with Crippen LogP contribution in [0.1, 0.15) is 48.0 Å². The molecule has 0 bridgehead atoms. The zero-order chi connectivity index (χ0) is 23.9. The Morgan fingerprint density at radius 3 is 2.00 bits per heavy atom. The third-order valence-electron chi connectivity index (χ3n) is 6.92. The fraction of sp³-hybridized carbons (Fsp3) is 0.519. The van der Waals surface area contributed by atoms with Crippen molar-refractivity contribution in [2.45, 2.75) is 82.7 Å². The van der Waals surface area contributed by atoms with E-state index in [1.54, 1.807) is 0 Å². The Labute approximate surface area is 198 Å². The van der Waals surface area contributed by atoms with Crippen molar-refractivity contribution < 1.29 is 18.6 Å². The van der Waals surface area contributed by atoms with Crippen LogP contribution in [0.15, 0.2) is 60.7 Å². The average Bonchev–Trinajstić information content (AvgIpc) is 3.15. The zero-order valence-electron chi connectivity index (χ0n) is 20.5. The summed E-state index contributed by atoms with van der Waals surface area (Å²) < 4.78 is 26.1. The van der Waals surface area contributed by atoms with E-state index in [9.17, 15) is 5.26 Å². The lowest BCUT2D eigenvalue weighted by molar-refractivity contribution is -0.204. The van der Waals surface area contributed by atoms with E-state index in [2.05, 4.69) is 75.4 Å². The molecule has 2 aliphatic heterocycles. The van der Waals surface area contributed by atoms with Gasteiger partial charge in [0.1, 0.15) is 23.9 Å². The molecule has 0 aliphatic carbocycles. The maximum atomic E-state index is 9.39. The average molecular weight is 466 g/mol. The summed E-state index contributed by atoms with van der Waals surface area (Å²) >= 11 is 0. The van der Waals surface area contributed by atoms with E-state index in [1.165, 1.54) is 10.4 Å². The summed E-state index contributed by atoms with van der Waals surface area (Å²) in [6, 6.07) is 23.4. The second-order valence-corrected chi connectivity index (χ2v) is 15.0. The van der Waals surface area contributed by atoms with Crippen LogP contribution in [-0.4, -0.2) is 44.6 Å². The summed E-state index contributed by atoms with van der Waals surface area (Å²) in [7, 11) is -2.70. The van der Waals surface area contributed by atoms with Crippen molar-refractivity contribution in [1.82, 2.24) is 0 Å². The summed E-state index contributed by atoms with van der Waals surface area (Å²) in [5.74, 6) is -0.730. The predicted octanol–water partition coefficient (Wildman–Crippen LogP) is 4.15. The van der Waals surface area contributed by atoms with E-state index in [4.69, 9.17) is 18.6 Å². The molecule has 0 aromatic heterocycles. The van der Waals surface area contributed by atoms with Gasteiger partial charge in [0.05, 0.1) is 19.1 Å². The van der Waals surface area contributed by atoms with Gasteiger partial charge in [0.15, 0.2) is 5.79 Å². The van der Waals surface area contributed by atoms with Crippen LogP contribution in [0.25, 0.3) is 0 Å². The number of fused-ring (bicyclic) bond motifs is 1. The normalized spacial score (nSPS) is 28.9. The number of rotatable bonds is 6. The molecule has 2 aromatic rings. The van der Waals surface area contributed by atoms with Crippen LogP contribution in [0, 0.1) is 11.3 Å². The Hall–Kier alpha value is -2.01. The third-order valence-corrected chi connectivity index (χ3v) is 11.9. The van der Waals surface area contributed by atoms with E-state index >= 15 is 0 Å². The first kappa shape index (κ1) is 24.1. The molecule has 5 nitrogen and oxygen atoms in total. The highest BCUT2D eigenvalue weighted by atomic mass is 28.4. The van der Waals surface area contributed by atoms with Crippen LogP contribution in [0.2, 0.25) is 5.04 Å². The van der Waals surface area contributed by atoms with Crippen LogP contribution in [-0.2, 0) is 18.6 Å². The molecule has 2 heterocycles. The van der Waals surface area contributed by atoms with Gasteiger partial charge in [-0.15, -0.1) is 0 Å².